The van der Waals surface area contributed by atoms with Crippen molar-refractivity contribution in [1.29, 1.82) is 0 Å². The van der Waals surface area contributed by atoms with E-state index in [0.717, 1.165) is 49.0 Å². The van der Waals surface area contributed by atoms with Gasteiger partial charge in [0, 0.05) is 4.88 Å². The van der Waals surface area contributed by atoms with E-state index in [1.165, 1.54) is 11.3 Å². The van der Waals surface area contributed by atoms with Gasteiger partial charge in [0.05, 0.1) is 17.4 Å². The molecular formula is C17H20N2O4S. The molecule has 128 valence electrons. The molecule has 0 unspecified atom stereocenters. The van der Waals surface area contributed by atoms with Crippen LogP contribution in [0, 0.1) is 23.7 Å². The number of anilines is 1. The van der Waals surface area contributed by atoms with Crippen molar-refractivity contribution in [3.05, 3.63) is 16.0 Å². The molecule has 6 nitrogen and oxygen atoms in total. The average Bonchev–Trinajstić information content (AvgIpc) is 3.24. The minimum Gasteiger partial charge on any atom is -0.481 e. The molecule has 0 saturated heterocycles. The second kappa shape index (κ2) is 5.58. The number of thiophene rings is 1. The number of rotatable bonds is 4. The van der Waals surface area contributed by atoms with Gasteiger partial charge in [-0.1, -0.05) is 0 Å². The van der Waals surface area contributed by atoms with Gasteiger partial charge < -0.3 is 16.2 Å². The fourth-order valence-electron chi connectivity index (χ4n) is 4.97. The molecule has 1 heterocycles. The van der Waals surface area contributed by atoms with Crippen LogP contribution in [-0.2, 0) is 22.4 Å². The summed E-state index contributed by atoms with van der Waals surface area (Å²) >= 11 is 1.41. The standard InChI is InChI=1S/C17H20N2O4S/c18-14(20)13-9-2-1-3-10(9)24-16(13)19-15(21)11-7-4-5-8(6-7)12(11)17(22)23/h7-8,11-12H,1-6H2,(H2,18,20)(H,19,21)(H,22,23)/t7-,8-,11-,12+/m0/s1. The van der Waals surface area contributed by atoms with Crippen molar-refractivity contribution in [1.82, 2.24) is 0 Å². The molecule has 3 aliphatic carbocycles. The van der Waals surface area contributed by atoms with E-state index < -0.39 is 23.7 Å². The third-order valence-corrected chi connectivity index (χ3v) is 7.12. The summed E-state index contributed by atoms with van der Waals surface area (Å²) in [6.07, 6.45) is 5.34. The van der Waals surface area contributed by atoms with Crippen LogP contribution in [0.4, 0.5) is 5.00 Å². The molecule has 0 aromatic carbocycles. The van der Waals surface area contributed by atoms with E-state index in [-0.39, 0.29) is 17.7 Å². The van der Waals surface area contributed by atoms with Crippen molar-refractivity contribution in [3.63, 3.8) is 0 Å². The number of nitrogens with two attached hydrogens (primary N) is 1. The lowest BCUT2D eigenvalue weighted by Crippen LogP contribution is -2.38. The van der Waals surface area contributed by atoms with Crippen LogP contribution in [-0.4, -0.2) is 22.9 Å². The van der Waals surface area contributed by atoms with Crippen molar-refractivity contribution in [2.24, 2.45) is 29.4 Å². The molecule has 3 aliphatic rings. The van der Waals surface area contributed by atoms with Gasteiger partial charge in [0.2, 0.25) is 5.91 Å². The molecule has 4 atom stereocenters. The molecule has 0 spiro atoms. The first-order chi connectivity index (χ1) is 11.5. The summed E-state index contributed by atoms with van der Waals surface area (Å²) < 4.78 is 0. The number of primary amides is 1. The van der Waals surface area contributed by atoms with Crippen molar-refractivity contribution < 1.29 is 19.5 Å². The number of hydrogen-bond donors (Lipinski definition) is 3. The molecular weight excluding hydrogens is 328 g/mol. The predicted octanol–water partition coefficient (Wildman–Crippen LogP) is 2.02. The quantitative estimate of drug-likeness (QED) is 0.773. The van der Waals surface area contributed by atoms with E-state index in [9.17, 15) is 19.5 Å². The fourth-order valence-corrected chi connectivity index (χ4v) is 6.27. The van der Waals surface area contributed by atoms with E-state index in [4.69, 9.17) is 5.73 Å². The van der Waals surface area contributed by atoms with Crippen molar-refractivity contribution in [2.45, 2.75) is 38.5 Å². The molecule has 4 N–H and O–H groups in total. The predicted molar refractivity (Wildman–Crippen MR) is 88.9 cm³/mol. The monoisotopic (exact) mass is 348 g/mol. The van der Waals surface area contributed by atoms with Gasteiger partial charge in [0.1, 0.15) is 5.00 Å². The molecule has 24 heavy (non-hydrogen) atoms. The maximum absolute atomic E-state index is 12.8. The summed E-state index contributed by atoms with van der Waals surface area (Å²) in [6.45, 7) is 0. The Kier molecular flexibility index (Phi) is 3.63. The number of fused-ring (bicyclic) bond motifs is 3. The molecule has 1 aromatic heterocycles. The van der Waals surface area contributed by atoms with Gasteiger partial charge >= 0.3 is 5.97 Å². The Labute approximate surface area is 143 Å². The highest BCUT2D eigenvalue weighted by Crippen LogP contribution is 2.53. The second-order valence-electron chi connectivity index (χ2n) is 7.14. The van der Waals surface area contributed by atoms with Crippen LogP contribution in [0.5, 0.6) is 0 Å². The molecule has 0 aliphatic heterocycles. The first-order valence-corrected chi connectivity index (χ1v) is 9.27. The minimum atomic E-state index is -0.883. The normalized spacial score (nSPS) is 30.3. The molecule has 2 amide bonds. The Balaban J connectivity index is 1.61. The molecule has 0 radical (unpaired) electrons. The van der Waals surface area contributed by atoms with Gasteiger partial charge in [-0.2, -0.15) is 0 Å². The highest BCUT2D eigenvalue weighted by atomic mass is 32.1. The average molecular weight is 348 g/mol. The third-order valence-electron chi connectivity index (χ3n) is 5.91. The van der Waals surface area contributed by atoms with Crippen LogP contribution in [0.2, 0.25) is 0 Å². The topological polar surface area (TPSA) is 109 Å². The Hall–Kier alpha value is -1.89. The van der Waals surface area contributed by atoms with Gasteiger partial charge in [-0.15, -0.1) is 11.3 Å². The maximum Gasteiger partial charge on any atom is 0.307 e. The number of carboxylic acids is 1. The Bertz CT molecular complexity index is 741. The summed E-state index contributed by atoms with van der Waals surface area (Å²) in [5.41, 5.74) is 6.91. The highest BCUT2D eigenvalue weighted by Gasteiger charge is 2.54. The number of aliphatic carboxylic acids is 1. The first kappa shape index (κ1) is 15.6. The summed E-state index contributed by atoms with van der Waals surface area (Å²) in [5.74, 6) is -2.53. The van der Waals surface area contributed by atoms with E-state index in [1.807, 2.05) is 0 Å². The van der Waals surface area contributed by atoms with E-state index >= 15 is 0 Å². The smallest absolute Gasteiger partial charge is 0.307 e. The Morgan fingerprint density at radius 1 is 1.12 bits per heavy atom. The zero-order chi connectivity index (χ0) is 17.0. The number of aryl methyl sites for hydroxylation is 1. The number of nitrogens with one attached hydrogen (secondary N) is 1. The maximum atomic E-state index is 12.8. The summed E-state index contributed by atoms with van der Waals surface area (Å²) in [6, 6.07) is 0. The van der Waals surface area contributed by atoms with E-state index in [2.05, 4.69) is 5.32 Å². The van der Waals surface area contributed by atoms with Crippen LogP contribution in [0.1, 0.15) is 46.5 Å². The van der Waals surface area contributed by atoms with Crippen molar-refractivity contribution >= 4 is 34.1 Å². The minimum absolute atomic E-state index is 0.104. The number of hydrogen-bond acceptors (Lipinski definition) is 4. The van der Waals surface area contributed by atoms with Crippen molar-refractivity contribution in [3.8, 4) is 0 Å². The number of amides is 2. The lowest BCUT2D eigenvalue weighted by atomic mass is 9.79. The van der Waals surface area contributed by atoms with E-state index in [0.29, 0.717) is 10.6 Å². The summed E-state index contributed by atoms with van der Waals surface area (Å²) in [7, 11) is 0. The molecule has 7 heteroatoms. The fraction of sp³-hybridized carbons (Fsp3) is 0.588. The zero-order valence-electron chi connectivity index (χ0n) is 13.2. The Morgan fingerprint density at radius 2 is 1.83 bits per heavy atom. The molecule has 2 bridgehead atoms. The molecule has 1 aromatic rings. The van der Waals surface area contributed by atoms with Gasteiger partial charge in [0.25, 0.3) is 5.91 Å². The first-order valence-electron chi connectivity index (χ1n) is 8.45. The van der Waals surface area contributed by atoms with E-state index in [1.54, 1.807) is 0 Å². The number of carbonyl (C=O) groups is 3. The molecule has 2 fully saturated rings. The number of carboxylic acid groups (broad SMARTS) is 1. The van der Waals surface area contributed by atoms with Crippen LogP contribution in [0.15, 0.2) is 0 Å². The van der Waals surface area contributed by atoms with Crippen molar-refractivity contribution in [2.75, 3.05) is 5.32 Å². The largest absolute Gasteiger partial charge is 0.481 e. The summed E-state index contributed by atoms with van der Waals surface area (Å²) in [4.78, 5) is 37.3. The van der Waals surface area contributed by atoms with Crippen LogP contribution in [0.25, 0.3) is 0 Å². The molecule has 4 rings (SSSR count). The van der Waals surface area contributed by atoms with Gasteiger partial charge in [-0.25, -0.2) is 0 Å². The second-order valence-corrected chi connectivity index (χ2v) is 8.24. The molecule has 2 saturated carbocycles. The van der Waals surface area contributed by atoms with Gasteiger partial charge in [-0.3, -0.25) is 14.4 Å². The lowest BCUT2D eigenvalue weighted by Gasteiger charge is -2.26. The third kappa shape index (κ3) is 2.25. The van der Waals surface area contributed by atoms with Crippen LogP contribution >= 0.6 is 11.3 Å². The van der Waals surface area contributed by atoms with Crippen LogP contribution < -0.4 is 11.1 Å². The Morgan fingerprint density at radius 3 is 2.50 bits per heavy atom. The highest BCUT2D eigenvalue weighted by molar-refractivity contribution is 7.17. The van der Waals surface area contributed by atoms with Gasteiger partial charge in [-0.05, 0) is 55.9 Å². The van der Waals surface area contributed by atoms with Gasteiger partial charge in [0.15, 0.2) is 0 Å². The lowest BCUT2D eigenvalue weighted by molar-refractivity contribution is -0.148. The van der Waals surface area contributed by atoms with Crippen LogP contribution in [0.3, 0.4) is 0 Å². The number of carbonyl (C=O) groups excluding carboxylic acids is 2. The zero-order valence-corrected chi connectivity index (χ0v) is 14.0. The summed E-state index contributed by atoms with van der Waals surface area (Å²) in [5, 5.41) is 12.9. The SMILES string of the molecule is NC(=O)c1c(NC(=O)[C@H]2[C@H]3CC[C@@H](C3)[C@H]2C(=O)O)sc2c1CCC2.